The molecule has 0 aliphatic carbocycles. The number of aryl methyl sites for hydroxylation is 1. The van der Waals surface area contributed by atoms with Gasteiger partial charge in [-0.3, -0.25) is 4.79 Å². The highest BCUT2D eigenvalue weighted by atomic mass is 19.1. The predicted octanol–water partition coefficient (Wildman–Crippen LogP) is 2.49. The Balaban J connectivity index is 2.27. The first-order valence-corrected chi connectivity index (χ1v) is 5.21. The molecule has 1 aliphatic heterocycles. The van der Waals surface area contributed by atoms with E-state index in [0.717, 1.165) is 23.0 Å². The van der Waals surface area contributed by atoms with Crippen LogP contribution in [0.5, 0.6) is 0 Å². The smallest absolute Gasteiger partial charge is 0.266 e. The molecule has 1 aliphatic rings. The summed E-state index contributed by atoms with van der Waals surface area (Å²) in [6, 6.07) is 3.26. The molecule has 6 heteroatoms. The van der Waals surface area contributed by atoms with E-state index in [4.69, 9.17) is 0 Å². The molecule has 4 nitrogen and oxygen atoms in total. The van der Waals surface area contributed by atoms with Crippen LogP contribution in [0.15, 0.2) is 23.2 Å². The average Bonchev–Trinajstić information content (AvgIpc) is 2.80. The lowest BCUT2D eigenvalue weighted by atomic mass is 10.1. The summed E-state index contributed by atoms with van der Waals surface area (Å²) in [4.78, 5) is 15.3. The summed E-state index contributed by atoms with van der Waals surface area (Å²) in [5, 5.41) is 3.99. The molecule has 0 bridgehead atoms. The number of rotatable bonds is 1. The molecule has 0 amide bonds. The van der Waals surface area contributed by atoms with Crippen LogP contribution in [-0.4, -0.2) is 21.9 Å². The molecule has 1 aromatic carbocycles. The number of hydrogen-bond donors (Lipinski definition) is 0. The maximum Gasteiger partial charge on any atom is 0.291 e. The zero-order valence-electron chi connectivity index (χ0n) is 9.32. The summed E-state index contributed by atoms with van der Waals surface area (Å²) in [7, 11) is 0. The lowest BCUT2D eigenvalue weighted by Gasteiger charge is -2.02. The van der Waals surface area contributed by atoms with Crippen LogP contribution in [0.3, 0.4) is 0 Å². The molecule has 0 spiro atoms. The molecule has 0 N–H and O–H groups in total. The Labute approximate surface area is 101 Å². The van der Waals surface area contributed by atoms with Crippen LogP contribution in [-0.2, 0) is 0 Å². The van der Waals surface area contributed by atoms with Gasteiger partial charge >= 0.3 is 0 Å². The minimum atomic E-state index is -0.705. The second kappa shape index (κ2) is 3.56. The molecule has 90 valence electrons. The van der Waals surface area contributed by atoms with E-state index in [2.05, 4.69) is 10.1 Å². The Morgan fingerprint density at radius 2 is 2.06 bits per heavy atom. The molecule has 2 aromatic rings. The van der Waals surface area contributed by atoms with Crippen molar-refractivity contribution in [1.82, 2.24) is 9.78 Å². The fourth-order valence-electron chi connectivity index (χ4n) is 1.97. The van der Waals surface area contributed by atoms with E-state index in [1.54, 1.807) is 6.92 Å². The number of halogens is 2. The summed E-state index contributed by atoms with van der Waals surface area (Å²) >= 11 is 0. The van der Waals surface area contributed by atoms with Crippen molar-refractivity contribution >= 4 is 17.9 Å². The number of hydrogen-bond acceptors (Lipinski definition) is 3. The Morgan fingerprint density at radius 3 is 2.78 bits per heavy atom. The van der Waals surface area contributed by atoms with Gasteiger partial charge in [0.15, 0.2) is 5.82 Å². The van der Waals surface area contributed by atoms with Crippen molar-refractivity contribution in [3.05, 3.63) is 35.5 Å². The Hall–Kier alpha value is -2.37. The van der Waals surface area contributed by atoms with E-state index in [9.17, 15) is 13.6 Å². The topological polar surface area (TPSA) is 47.2 Å². The Bertz CT molecular complexity index is 704. The fraction of sp³-hybridized carbons (Fsp3) is 0.0833. The first-order valence-electron chi connectivity index (χ1n) is 5.21. The van der Waals surface area contributed by atoms with Crippen LogP contribution in [0, 0.1) is 18.6 Å². The lowest BCUT2D eigenvalue weighted by molar-refractivity contribution is 0.0989. The van der Waals surface area contributed by atoms with Crippen molar-refractivity contribution in [1.29, 1.82) is 0 Å². The van der Waals surface area contributed by atoms with Crippen LogP contribution in [0.1, 0.15) is 10.5 Å². The minimum absolute atomic E-state index is 0.182. The lowest BCUT2D eigenvalue weighted by Crippen LogP contribution is -2.07. The van der Waals surface area contributed by atoms with Crippen molar-refractivity contribution in [2.24, 2.45) is 4.99 Å². The Kier molecular flexibility index (Phi) is 2.13. The molecular weight excluding hydrogens is 240 g/mol. The summed E-state index contributed by atoms with van der Waals surface area (Å²) in [6.07, 6.45) is 1.12. The van der Waals surface area contributed by atoms with E-state index in [1.807, 2.05) is 0 Å². The van der Waals surface area contributed by atoms with Crippen LogP contribution in [0.25, 0.3) is 11.1 Å². The number of fused-ring (bicyclic) bond motifs is 1. The van der Waals surface area contributed by atoms with Crippen molar-refractivity contribution in [2.45, 2.75) is 6.92 Å². The molecule has 0 atom stereocenters. The van der Waals surface area contributed by atoms with Crippen LogP contribution in [0.4, 0.5) is 14.6 Å². The molecule has 18 heavy (non-hydrogen) atoms. The molecule has 0 fully saturated rings. The summed E-state index contributed by atoms with van der Waals surface area (Å²) in [6.45, 7) is 1.65. The highest BCUT2D eigenvalue weighted by molar-refractivity contribution is 6.31. The van der Waals surface area contributed by atoms with Gasteiger partial charge in [-0.05, 0) is 19.1 Å². The number of carbonyl (C=O) groups is 1. The van der Waals surface area contributed by atoms with Crippen LogP contribution in [0.2, 0.25) is 0 Å². The Morgan fingerprint density at radius 1 is 1.28 bits per heavy atom. The van der Waals surface area contributed by atoms with Gasteiger partial charge in [0, 0.05) is 11.6 Å². The third-order valence-corrected chi connectivity index (χ3v) is 2.74. The third-order valence-electron chi connectivity index (χ3n) is 2.74. The van der Waals surface area contributed by atoms with E-state index < -0.39 is 11.6 Å². The largest absolute Gasteiger partial charge is 0.291 e. The molecule has 0 radical (unpaired) electrons. The number of benzene rings is 1. The van der Waals surface area contributed by atoms with Gasteiger partial charge in [0.25, 0.3) is 5.91 Å². The number of aromatic nitrogens is 2. The zero-order valence-corrected chi connectivity index (χ0v) is 9.32. The quantitative estimate of drug-likeness (QED) is 0.777. The standard InChI is InChI=1S/C12H7F2N3O/c1-6-11(8-3-2-7(13)4-9(8)14)12-15-5-10(18)17(12)16-6/h2-5H,1H3. The van der Waals surface area contributed by atoms with Gasteiger partial charge in [0.1, 0.15) is 11.6 Å². The monoisotopic (exact) mass is 247 g/mol. The van der Waals surface area contributed by atoms with Crippen molar-refractivity contribution in [3.63, 3.8) is 0 Å². The van der Waals surface area contributed by atoms with Gasteiger partial charge in [-0.1, -0.05) is 0 Å². The second-order valence-electron chi connectivity index (χ2n) is 3.92. The van der Waals surface area contributed by atoms with E-state index in [1.165, 1.54) is 6.07 Å². The van der Waals surface area contributed by atoms with Crippen molar-refractivity contribution in [2.75, 3.05) is 0 Å². The van der Waals surface area contributed by atoms with Gasteiger partial charge < -0.3 is 0 Å². The van der Waals surface area contributed by atoms with Gasteiger partial charge in [-0.15, -0.1) is 0 Å². The molecule has 2 heterocycles. The summed E-state index contributed by atoms with van der Waals surface area (Å²) in [5.74, 6) is -1.45. The molecule has 3 rings (SSSR count). The normalized spacial score (nSPS) is 13.2. The summed E-state index contributed by atoms with van der Waals surface area (Å²) < 4.78 is 27.7. The first kappa shape index (κ1) is 10.8. The number of nitrogens with zero attached hydrogens (tertiary/aromatic N) is 3. The number of carbonyl (C=O) groups excluding carboxylic acids is 1. The highest BCUT2D eigenvalue weighted by Gasteiger charge is 2.25. The first-order chi connectivity index (χ1) is 8.58. The van der Waals surface area contributed by atoms with Gasteiger partial charge in [0.2, 0.25) is 0 Å². The second-order valence-corrected chi connectivity index (χ2v) is 3.92. The third kappa shape index (κ3) is 1.38. The van der Waals surface area contributed by atoms with Crippen molar-refractivity contribution < 1.29 is 13.6 Å². The SMILES string of the molecule is Cc1nn2c(c1-c1ccc(F)cc1F)N=CC2=O. The molecular formula is C12H7F2N3O. The molecule has 0 unspecified atom stereocenters. The van der Waals surface area contributed by atoms with Gasteiger partial charge in [0.05, 0.1) is 17.5 Å². The van der Waals surface area contributed by atoms with Gasteiger partial charge in [-0.25, -0.2) is 13.8 Å². The maximum atomic E-state index is 13.7. The summed E-state index contributed by atoms with van der Waals surface area (Å²) in [5.41, 5.74) is 1.07. The molecule has 1 aromatic heterocycles. The maximum absolute atomic E-state index is 13.7. The molecule has 0 saturated heterocycles. The van der Waals surface area contributed by atoms with E-state index in [0.29, 0.717) is 11.3 Å². The fourth-order valence-corrected chi connectivity index (χ4v) is 1.97. The predicted molar refractivity (Wildman–Crippen MR) is 61.1 cm³/mol. The highest BCUT2D eigenvalue weighted by Crippen LogP contribution is 2.36. The van der Waals surface area contributed by atoms with E-state index >= 15 is 0 Å². The number of aliphatic imine (C=N–C) groups is 1. The van der Waals surface area contributed by atoms with Crippen LogP contribution >= 0.6 is 0 Å². The zero-order chi connectivity index (χ0) is 12.9. The van der Waals surface area contributed by atoms with Gasteiger partial charge in [-0.2, -0.15) is 9.78 Å². The van der Waals surface area contributed by atoms with E-state index in [-0.39, 0.29) is 17.3 Å². The minimum Gasteiger partial charge on any atom is -0.266 e. The average molecular weight is 247 g/mol. The van der Waals surface area contributed by atoms with Crippen LogP contribution < -0.4 is 0 Å². The van der Waals surface area contributed by atoms with Crippen molar-refractivity contribution in [3.8, 4) is 11.1 Å². The molecule has 0 saturated carbocycles.